The van der Waals surface area contributed by atoms with E-state index in [0.717, 1.165) is 37.7 Å². The fourth-order valence-electron chi connectivity index (χ4n) is 3.60. The molecular weight excluding hydrogens is 422 g/mol. The van der Waals surface area contributed by atoms with Crippen molar-refractivity contribution in [3.05, 3.63) is 59.2 Å². The highest BCUT2D eigenvalue weighted by Crippen LogP contribution is 2.28. The van der Waals surface area contributed by atoms with Gasteiger partial charge >= 0.3 is 0 Å². The zero-order valence-corrected chi connectivity index (χ0v) is 17.1. The highest BCUT2D eigenvalue weighted by atomic mass is 127. The van der Waals surface area contributed by atoms with Crippen LogP contribution in [-0.2, 0) is 19.1 Å². The minimum absolute atomic E-state index is 0.755. The van der Waals surface area contributed by atoms with Gasteiger partial charge in [0.2, 0.25) is 0 Å². The van der Waals surface area contributed by atoms with Crippen LogP contribution >= 0.6 is 23.0 Å². The van der Waals surface area contributed by atoms with Crippen LogP contribution in [0.1, 0.15) is 42.9 Å². The lowest BCUT2D eigenvalue weighted by atomic mass is 9.44. The van der Waals surface area contributed by atoms with Crippen molar-refractivity contribution in [3.63, 3.8) is 0 Å². The van der Waals surface area contributed by atoms with Gasteiger partial charge in [-0.1, -0.05) is 49.8 Å². The fourth-order valence-corrected chi connectivity index (χ4v) is 3.89. The van der Waals surface area contributed by atoms with Crippen LogP contribution in [0, 0.1) is 0 Å². The van der Waals surface area contributed by atoms with Crippen molar-refractivity contribution in [2.75, 3.05) is 6.61 Å². The third-order valence-electron chi connectivity index (χ3n) is 5.07. The van der Waals surface area contributed by atoms with Gasteiger partial charge in [-0.2, -0.15) is 0 Å². The Bertz CT molecular complexity index is 672. The van der Waals surface area contributed by atoms with Crippen molar-refractivity contribution in [1.82, 2.24) is 0 Å². The molecule has 2 aromatic rings. The molecule has 0 atom stereocenters. The zero-order valence-electron chi connectivity index (χ0n) is 15.0. The van der Waals surface area contributed by atoms with Crippen molar-refractivity contribution in [1.29, 1.82) is 0 Å². The van der Waals surface area contributed by atoms with Crippen molar-refractivity contribution >= 4 is 29.7 Å². The summed E-state index contributed by atoms with van der Waals surface area (Å²) < 4.78 is 11.1. The van der Waals surface area contributed by atoms with Gasteiger partial charge in [-0.05, 0) is 60.9 Å². The molecule has 4 heteroatoms. The highest BCUT2D eigenvalue weighted by Gasteiger charge is 2.24. The Balaban J connectivity index is 1.49. The molecule has 0 spiro atoms. The van der Waals surface area contributed by atoms with Gasteiger partial charge in [0.05, 0.1) is 6.61 Å². The van der Waals surface area contributed by atoms with Crippen LogP contribution in [0.4, 0.5) is 0 Å². The molecule has 0 aliphatic carbocycles. The minimum Gasteiger partial charge on any atom is -0.494 e. The largest absolute Gasteiger partial charge is 0.494 e. The van der Waals surface area contributed by atoms with Crippen molar-refractivity contribution in [2.45, 2.75) is 51.6 Å². The van der Waals surface area contributed by atoms with Crippen LogP contribution in [0.5, 0.6) is 11.5 Å². The lowest BCUT2D eigenvalue weighted by molar-refractivity contribution is 0.306. The molecule has 25 heavy (non-hydrogen) atoms. The predicted molar refractivity (Wildman–Crippen MR) is 114 cm³/mol. The molecule has 2 nitrogen and oxygen atoms in total. The lowest BCUT2D eigenvalue weighted by Crippen LogP contribution is -2.14. The average Bonchev–Trinajstić information content (AvgIpc) is 3.06. The smallest absolute Gasteiger partial charge is 0.192 e. The maximum atomic E-state index is 5.91. The van der Waals surface area contributed by atoms with E-state index in [1.165, 1.54) is 48.5 Å². The number of aryl methyl sites for hydroxylation is 1. The van der Waals surface area contributed by atoms with Crippen LogP contribution in [-0.4, -0.2) is 13.3 Å². The average molecular weight is 448 g/mol. The van der Waals surface area contributed by atoms with Gasteiger partial charge < -0.3 is 7.80 Å². The molecule has 132 valence electrons. The van der Waals surface area contributed by atoms with E-state index in [0.29, 0.717) is 0 Å². The lowest BCUT2D eigenvalue weighted by Gasteiger charge is -2.07. The SMILES string of the molecule is CCCCCOc1ccc2c(c1)CB(CCc1ccc(OI)cc1)C2. The van der Waals surface area contributed by atoms with E-state index in [1.807, 2.05) is 35.1 Å². The van der Waals surface area contributed by atoms with Crippen molar-refractivity contribution in [3.8, 4) is 11.5 Å². The highest BCUT2D eigenvalue weighted by molar-refractivity contribution is 14.1. The van der Waals surface area contributed by atoms with Crippen molar-refractivity contribution < 1.29 is 7.80 Å². The molecule has 2 aromatic carbocycles. The number of unbranched alkanes of at least 4 members (excludes halogenated alkanes) is 2. The molecule has 0 amide bonds. The monoisotopic (exact) mass is 448 g/mol. The van der Waals surface area contributed by atoms with E-state index in [1.54, 1.807) is 0 Å². The molecule has 0 saturated heterocycles. The number of halogens is 1. The molecule has 0 N–H and O–H groups in total. The minimum atomic E-state index is 0.755. The van der Waals surface area contributed by atoms with Gasteiger partial charge in [0, 0.05) is 0 Å². The number of hydrogen-bond acceptors (Lipinski definition) is 2. The van der Waals surface area contributed by atoms with E-state index < -0.39 is 0 Å². The summed E-state index contributed by atoms with van der Waals surface area (Å²) in [6.07, 6.45) is 8.42. The van der Waals surface area contributed by atoms with Gasteiger partial charge in [-0.25, -0.2) is 0 Å². The van der Waals surface area contributed by atoms with E-state index in [4.69, 9.17) is 7.80 Å². The summed E-state index contributed by atoms with van der Waals surface area (Å²) >= 11 is 1.92. The standard InChI is InChI=1S/C21H26BIO2/c1-2-3-4-13-24-21-10-7-18-15-22(16-19(18)14-21)12-11-17-5-8-20(25-23)9-6-17/h5-10,14H,2-4,11-13,15-16H2,1H3. The normalized spacial score (nSPS) is 13.0. The number of hydrogen-bond donors (Lipinski definition) is 0. The Hall–Kier alpha value is -1.17. The molecule has 0 unspecified atom stereocenters. The summed E-state index contributed by atoms with van der Waals surface area (Å²) in [6.45, 7) is 3.82. The van der Waals surface area contributed by atoms with Gasteiger partial charge in [0.25, 0.3) is 0 Å². The summed E-state index contributed by atoms with van der Waals surface area (Å²) in [5, 5.41) is 0. The summed E-state index contributed by atoms with van der Waals surface area (Å²) in [6, 6.07) is 15.2. The van der Waals surface area contributed by atoms with E-state index >= 15 is 0 Å². The van der Waals surface area contributed by atoms with E-state index in [9.17, 15) is 0 Å². The van der Waals surface area contributed by atoms with Crippen LogP contribution in [0.3, 0.4) is 0 Å². The first-order valence-corrected chi connectivity index (χ1v) is 10.3. The molecule has 0 saturated carbocycles. The molecule has 1 heterocycles. The van der Waals surface area contributed by atoms with Gasteiger partial charge in [-0.15, -0.1) is 0 Å². The topological polar surface area (TPSA) is 18.5 Å². The molecule has 0 fully saturated rings. The number of ether oxygens (including phenoxy) is 1. The summed E-state index contributed by atoms with van der Waals surface area (Å²) in [7, 11) is 0. The molecular formula is C21H26BIO2. The van der Waals surface area contributed by atoms with Gasteiger partial charge in [0.1, 0.15) is 18.2 Å². The Morgan fingerprint density at radius 1 is 0.960 bits per heavy atom. The van der Waals surface area contributed by atoms with Crippen molar-refractivity contribution in [2.24, 2.45) is 0 Å². The van der Waals surface area contributed by atoms with E-state index in [-0.39, 0.29) is 0 Å². The number of benzene rings is 2. The maximum absolute atomic E-state index is 5.91. The van der Waals surface area contributed by atoms with Crippen LogP contribution in [0.15, 0.2) is 42.5 Å². The molecule has 0 bridgehead atoms. The maximum Gasteiger partial charge on any atom is 0.192 e. The summed E-state index contributed by atoms with van der Waals surface area (Å²) in [5.41, 5.74) is 4.40. The van der Waals surface area contributed by atoms with Crippen LogP contribution in [0.25, 0.3) is 0 Å². The van der Waals surface area contributed by atoms with E-state index in [2.05, 4.69) is 37.3 Å². The molecule has 1 aliphatic rings. The Morgan fingerprint density at radius 2 is 1.72 bits per heavy atom. The quantitative estimate of drug-likeness (QED) is 0.270. The third kappa shape index (κ3) is 5.40. The molecule has 1 aliphatic heterocycles. The summed E-state index contributed by atoms with van der Waals surface area (Å²) in [5.74, 6) is 1.97. The zero-order chi connectivity index (χ0) is 17.5. The Morgan fingerprint density at radius 3 is 2.48 bits per heavy atom. The molecule has 0 radical (unpaired) electrons. The first-order chi connectivity index (χ1) is 12.3. The fraction of sp³-hybridized carbons (Fsp3) is 0.429. The third-order valence-corrected chi connectivity index (χ3v) is 5.57. The van der Waals surface area contributed by atoms with Crippen LogP contribution < -0.4 is 7.80 Å². The Kier molecular flexibility index (Phi) is 7.08. The molecule has 3 rings (SSSR count). The van der Waals surface area contributed by atoms with Gasteiger partial charge in [0.15, 0.2) is 23.0 Å². The second kappa shape index (κ2) is 9.51. The first kappa shape index (κ1) is 18.6. The first-order valence-electron chi connectivity index (χ1n) is 9.40. The predicted octanol–water partition coefficient (Wildman–Crippen LogP) is 5.90. The van der Waals surface area contributed by atoms with Crippen LogP contribution in [0.2, 0.25) is 6.32 Å². The number of rotatable bonds is 9. The molecule has 0 aromatic heterocycles. The second-order valence-electron chi connectivity index (χ2n) is 7.02. The Labute approximate surface area is 166 Å². The summed E-state index contributed by atoms with van der Waals surface area (Å²) in [4.78, 5) is 0. The second-order valence-corrected chi connectivity index (χ2v) is 7.46. The number of fused-ring (bicyclic) bond motifs is 1. The van der Waals surface area contributed by atoms with Gasteiger partial charge in [-0.3, -0.25) is 0 Å².